The summed E-state index contributed by atoms with van der Waals surface area (Å²) in [5.41, 5.74) is 2.87. The van der Waals surface area contributed by atoms with Crippen LogP contribution in [0.25, 0.3) is 28.0 Å². The highest BCUT2D eigenvalue weighted by atomic mass is 19.1. The van der Waals surface area contributed by atoms with Crippen LogP contribution in [0.3, 0.4) is 0 Å². The second kappa shape index (κ2) is 5.71. The Bertz CT molecular complexity index is 817. The number of halogens is 1. The smallest absolute Gasteiger partial charge is 0.142 e. The number of aldehydes is 1. The Hall–Kier alpha value is -2.74. The van der Waals surface area contributed by atoms with E-state index >= 15 is 0 Å². The molecule has 0 N–H and O–H groups in total. The number of carbonyl (C=O) groups is 1. The fourth-order valence-electron chi connectivity index (χ4n) is 2.49. The molecule has 0 saturated heterocycles. The second-order valence-electron chi connectivity index (χ2n) is 4.75. The van der Waals surface area contributed by atoms with E-state index in [0.717, 1.165) is 33.7 Å². The Kier molecular flexibility index (Phi) is 3.61. The van der Waals surface area contributed by atoms with E-state index in [0.29, 0.717) is 0 Å². The van der Waals surface area contributed by atoms with Gasteiger partial charge in [-0.1, -0.05) is 54.6 Å². The maximum absolute atomic E-state index is 13.1. The molecule has 2 heteroatoms. The summed E-state index contributed by atoms with van der Waals surface area (Å²) in [6.07, 6.45) is 4.04. The Morgan fingerprint density at radius 1 is 0.857 bits per heavy atom. The number of hydrogen-bond acceptors (Lipinski definition) is 1. The van der Waals surface area contributed by atoms with Crippen LogP contribution < -0.4 is 0 Å². The maximum atomic E-state index is 13.1. The van der Waals surface area contributed by atoms with Crippen LogP contribution in [0.5, 0.6) is 0 Å². The summed E-state index contributed by atoms with van der Waals surface area (Å²) in [7, 11) is 0. The maximum Gasteiger partial charge on any atom is 0.142 e. The number of rotatable bonds is 3. The van der Waals surface area contributed by atoms with Crippen molar-refractivity contribution in [2.45, 2.75) is 0 Å². The molecule has 0 spiro atoms. The van der Waals surface area contributed by atoms with E-state index in [1.54, 1.807) is 18.2 Å². The Morgan fingerprint density at radius 3 is 2.38 bits per heavy atom. The molecule has 0 bridgehead atoms. The summed E-state index contributed by atoms with van der Waals surface area (Å²) in [6.45, 7) is 0. The number of benzene rings is 3. The molecule has 0 fully saturated rings. The first-order chi connectivity index (χ1) is 10.3. The van der Waals surface area contributed by atoms with Crippen molar-refractivity contribution < 1.29 is 9.18 Å². The second-order valence-corrected chi connectivity index (χ2v) is 4.75. The van der Waals surface area contributed by atoms with Gasteiger partial charge in [0.1, 0.15) is 12.1 Å². The Balaban J connectivity index is 2.28. The van der Waals surface area contributed by atoms with Gasteiger partial charge in [-0.2, -0.15) is 0 Å². The Morgan fingerprint density at radius 2 is 1.62 bits per heavy atom. The molecule has 0 aromatic heterocycles. The molecule has 102 valence electrons. The lowest BCUT2D eigenvalue weighted by Gasteiger charge is -2.10. The zero-order valence-electron chi connectivity index (χ0n) is 11.3. The van der Waals surface area contributed by atoms with Crippen molar-refractivity contribution in [3.63, 3.8) is 0 Å². The molecule has 3 rings (SSSR count). The molecule has 0 heterocycles. The van der Waals surface area contributed by atoms with E-state index in [4.69, 9.17) is 0 Å². The first kappa shape index (κ1) is 13.3. The lowest BCUT2D eigenvalue weighted by Crippen LogP contribution is -1.87. The van der Waals surface area contributed by atoms with Crippen LogP contribution in [0, 0.1) is 5.82 Å². The van der Waals surface area contributed by atoms with Crippen LogP contribution in [0.15, 0.2) is 66.7 Å². The van der Waals surface area contributed by atoms with Crippen LogP contribution in [0.2, 0.25) is 0 Å². The average molecular weight is 276 g/mol. The summed E-state index contributed by atoms with van der Waals surface area (Å²) in [6, 6.07) is 18.4. The summed E-state index contributed by atoms with van der Waals surface area (Å²) in [4.78, 5) is 10.7. The molecule has 3 aromatic carbocycles. The van der Waals surface area contributed by atoms with Crippen LogP contribution in [0.1, 0.15) is 5.56 Å². The van der Waals surface area contributed by atoms with Crippen LogP contribution in [0.4, 0.5) is 4.39 Å². The first-order valence-electron chi connectivity index (χ1n) is 6.69. The van der Waals surface area contributed by atoms with Crippen molar-refractivity contribution in [2.24, 2.45) is 0 Å². The molecule has 21 heavy (non-hydrogen) atoms. The summed E-state index contributed by atoms with van der Waals surface area (Å²) < 4.78 is 13.1. The van der Waals surface area contributed by atoms with Gasteiger partial charge >= 0.3 is 0 Å². The van der Waals surface area contributed by atoms with Crippen LogP contribution in [-0.2, 0) is 4.79 Å². The van der Waals surface area contributed by atoms with Crippen LogP contribution >= 0.6 is 0 Å². The van der Waals surface area contributed by atoms with Gasteiger partial charge in [-0.15, -0.1) is 0 Å². The molecule has 3 aromatic rings. The zero-order chi connectivity index (χ0) is 14.7. The van der Waals surface area contributed by atoms with Crippen LogP contribution in [-0.4, -0.2) is 6.29 Å². The van der Waals surface area contributed by atoms with E-state index in [1.165, 1.54) is 18.2 Å². The standard InChI is InChI=1S/C19H13FO/c20-16-10-7-15(8-11-16)18-12-9-14-4-1-2-5-17(14)19(18)6-3-13-21/h1-13H/b6-3+. The van der Waals surface area contributed by atoms with E-state index < -0.39 is 0 Å². The topological polar surface area (TPSA) is 17.1 Å². The van der Waals surface area contributed by atoms with Crippen molar-refractivity contribution in [3.05, 3.63) is 78.1 Å². The monoisotopic (exact) mass is 276 g/mol. The third kappa shape index (κ3) is 2.61. The van der Waals surface area contributed by atoms with Gasteiger partial charge in [-0.05, 0) is 45.7 Å². The SMILES string of the molecule is O=C/C=C/c1c(-c2ccc(F)cc2)ccc2ccccc12. The molecule has 0 atom stereocenters. The van der Waals surface area contributed by atoms with E-state index in [-0.39, 0.29) is 5.82 Å². The molecule has 0 unspecified atom stereocenters. The van der Waals surface area contributed by atoms with Gasteiger partial charge in [0.25, 0.3) is 0 Å². The quantitative estimate of drug-likeness (QED) is 0.493. The van der Waals surface area contributed by atoms with Crippen molar-refractivity contribution in [1.82, 2.24) is 0 Å². The van der Waals surface area contributed by atoms with Crippen molar-refractivity contribution in [2.75, 3.05) is 0 Å². The third-order valence-corrected chi connectivity index (χ3v) is 3.47. The van der Waals surface area contributed by atoms with Crippen molar-refractivity contribution in [1.29, 1.82) is 0 Å². The summed E-state index contributed by atoms with van der Waals surface area (Å²) >= 11 is 0. The summed E-state index contributed by atoms with van der Waals surface area (Å²) in [5, 5.41) is 2.17. The van der Waals surface area contributed by atoms with Gasteiger partial charge in [0.05, 0.1) is 0 Å². The first-order valence-corrected chi connectivity index (χ1v) is 6.69. The number of fused-ring (bicyclic) bond motifs is 1. The minimum atomic E-state index is -0.260. The van der Waals surface area contributed by atoms with Crippen molar-refractivity contribution in [3.8, 4) is 11.1 Å². The predicted octanol–water partition coefficient (Wildman–Crippen LogP) is 4.86. The minimum absolute atomic E-state index is 0.260. The van der Waals surface area contributed by atoms with Gasteiger partial charge in [0, 0.05) is 0 Å². The van der Waals surface area contributed by atoms with Gasteiger partial charge in [0.2, 0.25) is 0 Å². The molecular formula is C19H13FO. The highest BCUT2D eigenvalue weighted by Crippen LogP contribution is 2.31. The lowest BCUT2D eigenvalue weighted by molar-refractivity contribution is -0.104. The largest absolute Gasteiger partial charge is 0.299 e. The third-order valence-electron chi connectivity index (χ3n) is 3.47. The normalized spacial score (nSPS) is 11.1. The molecule has 0 saturated carbocycles. The van der Waals surface area contributed by atoms with E-state index in [2.05, 4.69) is 0 Å². The van der Waals surface area contributed by atoms with Gasteiger partial charge in [-0.25, -0.2) is 4.39 Å². The van der Waals surface area contributed by atoms with E-state index in [1.807, 2.05) is 36.4 Å². The Labute approximate surface area is 122 Å². The fourth-order valence-corrected chi connectivity index (χ4v) is 2.49. The molecule has 0 amide bonds. The van der Waals surface area contributed by atoms with Gasteiger partial charge in [-0.3, -0.25) is 4.79 Å². The lowest BCUT2D eigenvalue weighted by atomic mass is 9.94. The average Bonchev–Trinajstić information content (AvgIpc) is 2.53. The molecular weight excluding hydrogens is 263 g/mol. The zero-order valence-corrected chi connectivity index (χ0v) is 11.3. The predicted molar refractivity (Wildman–Crippen MR) is 84.4 cm³/mol. The minimum Gasteiger partial charge on any atom is -0.299 e. The van der Waals surface area contributed by atoms with Gasteiger partial charge < -0.3 is 0 Å². The highest BCUT2D eigenvalue weighted by molar-refractivity contribution is 5.98. The van der Waals surface area contributed by atoms with E-state index in [9.17, 15) is 9.18 Å². The number of carbonyl (C=O) groups excluding carboxylic acids is 1. The fraction of sp³-hybridized carbons (Fsp3) is 0. The molecule has 1 nitrogen and oxygen atoms in total. The molecule has 0 radical (unpaired) electrons. The summed E-state index contributed by atoms with van der Waals surface area (Å²) in [5.74, 6) is -0.260. The molecule has 0 aliphatic heterocycles. The number of allylic oxidation sites excluding steroid dienone is 1. The number of hydrogen-bond donors (Lipinski definition) is 0. The molecule has 0 aliphatic rings. The molecule has 0 aliphatic carbocycles. The highest BCUT2D eigenvalue weighted by Gasteiger charge is 2.07. The van der Waals surface area contributed by atoms with Crippen molar-refractivity contribution >= 4 is 23.1 Å². The van der Waals surface area contributed by atoms with Gasteiger partial charge in [0.15, 0.2) is 0 Å².